The van der Waals surface area contributed by atoms with Gasteiger partial charge in [-0.1, -0.05) is 35.9 Å². The lowest BCUT2D eigenvalue weighted by Crippen LogP contribution is -2.19. The summed E-state index contributed by atoms with van der Waals surface area (Å²) in [6.07, 6.45) is 2.12. The summed E-state index contributed by atoms with van der Waals surface area (Å²) in [5, 5.41) is 0.671. The van der Waals surface area contributed by atoms with Gasteiger partial charge in [0.05, 0.1) is 5.92 Å². The number of aryl methyl sites for hydroxylation is 1. The van der Waals surface area contributed by atoms with Crippen molar-refractivity contribution in [2.75, 3.05) is 5.73 Å². The smallest absolute Gasteiger partial charge is 0.143 e. The maximum absolute atomic E-state index is 12.2. The van der Waals surface area contributed by atoms with Crippen LogP contribution in [0.5, 0.6) is 0 Å². The molecule has 2 rings (SSSR count). The quantitative estimate of drug-likeness (QED) is 0.483. The largest absolute Gasteiger partial charge is 0.399 e. The second-order valence-electron chi connectivity index (χ2n) is 5.28. The summed E-state index contributed by atoms with van der Waals surface area (Å²) in [6.45, 7) is 0. The van der Waals surface area contributed by atoms with Crippen LogP contribution in [-0.4, -0.2) is 12.1 Å². The lowest BCUT2D eigenvalue weighted by Gasteiger charge is -2.10. The number of rotatable bonds is 7. The number of anilines is 1. The molecular weight excluding hydrogens is 298 g/mol. The van der Waals surface area contributed by atoms with E-state index in [0.717, 1.165) is 17.4 Å². The van der Waals surface area contributed by atoms with Gasteiger partial charge in [-0.15, -0.1) is 0 Å². The highest BCUT2D eigenvalue weighted by molar-refractivity contribution is 6.30. The molecular formula is C18H18ClNO2. The Labute approximate surface area is 135 Å². The van der Waals surface area contributed by atoms with Crippen LogP contribution in [-0.2, 0) is 22.4 Å². The van der Waals surface area contributed by atoms with E-state index >= 15 is 0 Å². The van der Waals surface area contributed by atoms with Crippen molar-refractivity contribution in [3.05, 3.63) is 64.7 Å². The molecule has 2 N–H and O–H groups in total. The van der Waals surface area contributed by atoms with Crippen LogP contribution >= 0.6 is 11.6 Å². The van der Waals surface area contributed by atoms with E-state index in [1.54, 1.807) is 24.3 Å². The number of benzene rings is 2. The molecule has 0 saturated heterocycles. The van der Waals surface area contributed by atoms with Gasteiger partial charge in [0.1, 0.15) is 12.1 Å². The third-order valence-electron chi connectivity index (χ3n) is 3.59. The van der Waals surface area contributed by atoms with Crippen LogP contribution in [0.1, 0.15) is 17.5 Å². The molecule has 2 aromatic carbocycles. The first kappa shape index (κ1) is 16.2. The molecule has 0 aliphatic rings. The fourth-order valence-electron chi connectivity index (χ4n) is 2.25. The lowest BCUT2D eigenvalue weighted by molar-refractivity contribution is -0.127. The predicted molar refractivity (Wildman–Crippen MR) is 88.9 cm³/mol. The van der Waals surface area contributed by atoms with E-state index in [0.29, 0.717) is 30.0 Å². The van der Waals surface area contributed by atoms with Gasteiger partial charge >= 0.3 is 0 Å². The van der Waals surface area contributed by atoms with Crippen molar-refractivity contribution in [3.8, 4) is 0 Å². The minimum atomic E-state index is -0.601. The first-order valence-electron chi connectivity index (χ1n) is 7.15. The summed E-state index contributed by atoms with van der Waals surface area (Å²) in [5.74, 6) is -0.641. The van der Waals surface area contributed by atoms with E-state index < -0.39 is 5.92 Å². The first-order chi connectivity index (χ1) is 10.6. The minimum absolute atomic E-state index is 0.0400. The second-order valence-corrected chi connectivity index (χ2v) is 5.72. The van der Waals surface area contributed by atoms with Gasteiger partial charge in [0.2, 0.25) is 0 Å². The maximum atomic E-state index is 12.2. The van der Waals surface area contributed by atoms with Crippen LogP contribution in [0.15, 0.2) is 48.5 Å². The Kier molecular flexibility index (Phi) is 5.73. The fraction of sp³-hybridized carbons (Fsp3) is 0.222. The zero-order valence-corrected chi connectivity index (χ0v) is 12.9. The molecule has 0 aliphatic carbocycles. The number of nitrogen functional groups attached to an aromatic ring is 1. The molecule has 0 heterocycles. The van der Waals surface area contributed by atoms with E-state index in [1.165, 1.54) is 0 Å². The van der Waals surface area contributed by atoms with Crippen molar-refractivity contribution in [1.82, 2.24) is 0 Å². The average molecular weight is 316 g/mol. The molecule has 0 aromatic heterocycles. The standard InChI is InChI=1S/C18H18ClNO2/c19-16-6-1-13(2-7-16)5-10-18(22)15(12-21)11-14-3-8-17(20)9-4-14/h1-4,6-9,12,15H,5,10-11,20H2. The molecule has 4 heteroatoms. The van der Waals surface area contributed by atoms with Gasteiger partial charge in [-0.3, -0.25) is 4.79 Å². The number of hydrogen-bond donors (Lipinski definition) is 1. The third-order valence-corrected chi connectivity index (χ3v) is 3.84. The van der Waals surface area contributed by atoms with Crippen molar-refractivity contribution in [1.29, 1.82) is 0 Å². The number of hydrogen-bond acceptors (Lipinski definition) is 3. The average Bonchev–Trinajstić information content (AvgIpc) is 2.53. The Morgan fingerprint density at radius 1 is 1.05 bits per heavy atom. The lowest BCUT2D eigenvalue weighted by atomic mass is 9.93. The number of aldehydes is 1. The number of Topliss-reactive ketones (excluding diaryl/α,β-unsaturated/α-hetero) is 1. The number of carbonyl (C=O) groups excluding carboxylic acids is 2. The summed E-state index contributed by atoms with van der Waals surface area (Å²) in [4.78, 5) is 23.4. The van der Waals surface area contributed by atoms with E-state index in [2.05, 4.69) is 0 Å². The number of halogens is 1. The van der Waals surface area contributed by atoms with Gasteiger partial charge in [-0.2, -0.15) is 0 Å². The number of ketones is 1. The Bertz CT molecular complexity index is 635. The summed E-state index contributed by atoms with van der Waals surface area (Å²) < 4.78 is 0. The van der Waals surface area contributed by atoms with Gasteiger partial charge in [0, 0.05) is 17.1 Å². The topological polar surface area (TPSA) is 60.2 Å². The van der Waals surface area contributed by atoms with Crippen molar-refractivity contribution in [2.45, 2.75) is 19.3 Å². The summed E-state index contributed by atoms with van der Waals surface area (Å²) in [7, 11) is 0. The van der Waals surface area contributed by atoms with Crippen LogP contribution < -0.4 is 5.73 Å². The van der Waals surface area contributed by atoms with Crippen molar-refractivity contribution >= 4 is 29.4 Å². The summed E-state index contributed by atoms with van der Waals surface area (Å²) >= 11 is 5.83. The third kappa shape index (κ3) is 4.71. The van der Waals surface area contributed by atoms with Gasteiger partial charge in [0.15, 0.2) is 0 Å². The molecule has 0 bridgehead atoms. The first-order valence-corrected chi connectivity index (χ1v) is 7.53. The Balaban J connectivity index is 1.92. The summed E-state index contributed by atoms with van der Waals surface area (Å²) in [5.41, 5.74) is 8.27. The molecule has 1 unspecified atom stereocenters. The Hall–Kier alpha value is -2.13. The summed E-state index contributed by atoms with van der Waals surface area (Å²) in [6, 6.07) is 14.6. The van der Waals surface area contributed by atoms with Gasteiger partial charge in [-0.05, 0) is 48.2 Å². The van der Waals surface area contributed by atoms with Gasteiger partial charge in [0.25, 0.3) is 0 Å². The Morgan fingerprint density at radius 3 is 2.23 bits per heavy atom. The van der Waals surface area contributed by atoms with Crippen LogP contribution in [0.4, 0.5) is 5.69 Å². The molecule has 114 valence electrons. The van der Waals surface area contributed by atoms with Crippen LogP contribution in [0, 0.1) is 5.92 Å². The number of nitrogens with two attached hydrogens (primary N) is 1. The van der Waals surface area contributed by atoms with Crippen molar-refractivity contribution in [3.63, 3.8) is 0 Å². The van der Waals surface area contributed by atoms with Crippen LogP contribution in [0.3, 0.4) is 0 Å². The molecule has 0 fully saturated rings. The molecule has 0 saturated carbocycles. The van der Waals surface area contributed by atoms with Crippen LogP contribution in [0.25, 0.3) is 0 Å². The Morgan fingerprint density at radius 2 is 1.64 bits per heavy atom. The minimum Gasteiger partial charge on any atom is -0.399 e. The fourth-order valence-corrected chi connectivity index (χ4v) is 2.38. The van der Waals surface area contributed by atoms with E-state index in [1.807, 2.05) is 24.3 Å². The molecule has 0 amide bonds. The van der Waals surface area contributed by atoms with Gasteiger partial charge < -0.3 is 10.5 Å². The van der Waals surface area contributed by atoms with Crippen LogP contribution in [0.2, 0.25) is 5.02 Å². The molecule has 2 aromatic rings. The van der Waals surface area contributed by atoms with Crippen molar-refractivity contribution < 1.29 is 9.59 Å². The molecule has 1 atom stereocenters. The molecule has 0 spiro atoms. The van der Waals surface area contributed by atoms with Crippen molar-refractivity contribution in [2.24, 2.45) is 5.92 Å². The molecule has 3 nitrogen and oxygen atoms in total. The second kappa shape index (κ2) is 7.76. The zero-order valence-electron chi connectivity index (χ0n) is 12.2. The normalized spacial score (nSPS) is 11.9. The maximum Gasteiger partial charge on any atom is 0.143 e. The zero-order chi connectivity index (χ0) is 15.9. The van der Waals surface area contributed by atoms with Gasteiger partial charge in [-0.25, -0.2) is 0 Å². The molecule has 22 heavy (non-hydrogen) atoms. The van der Waals surface area contributed by atoms with E-state index in [4.69, 9.17) is 17.3 Å². The van der Waals surface area contributed by atoms with E-state index in [-0.39, 0.29) is 5.78 Å². The SMILES string of the molecule is Nc1ccc(CC(C=O)C(=O)CCc2ccc(Cl)cc2)cc1. The predicted octanol–water partition coefficient (Wildman–Crippen LogP) is 3.48. The molecule has 0 radical (unpaired) electrons. The van der Waals surface area contributed by atoms with E-state index in [9.17, 15) is 9.59 Å². The highest BCUT2D eigenvalue weighted by Gasteiger charge is 2.17. The highest BCUT2D eigenvalue weighted by Crippen LogP contribution is 2.15. The number of carbonyl (C=O) groups is 2. The molecule has 0 aliphatic heterocycles. The monoisotopic (exact) mass is 315 g/mol. The highest BCUT2D eigenvalue weighted by atomic mass is 35.5.